The van der Waals surface area contributed by atoms with Crippen molar-refractivity contribution in [1.82, 2.24) is 0 Å². The number of hydrogen-bond donors (Lipinski definition) is 2. The minimum atomic E-state index is 0.424. The predicted octanol–water partition coefficient (Wildman–Crippen LogP) is 5.56. The van der Waals surface area contributed by atoms with Crippen molar-refractivity contribution in [1.29, 1.82) is 0 Å². The number of nitrogens with one attached hydrogen (secondary N) is 2. The van der Waals surface area contributed by atoms with E-state index in [1.807, 2.05) is 36.4 Å². The first-order chi connectivity index (χ1) is 9.08. The van der Waals surface area contributed by atoms with E-state index in [0.717, 1.165) is 10.2 Å². The summed E-state index contributed by atoms with van der Waals surface area (Å²) in [5.41, 5.74) is 1.56. The molecule has 0 aliphatic carbocycles. The Morgan fingerprint density at radius 3 is 2.32 bits per heavy atom. The third kappa shape index (κ3) is 3.83. The highest BCUT2D eigenvalue weighted by molar-refractivity contribution is 9.10. The molecule has 0 spiro atoms. The van der Waals surface area contributed by atoms with Gasteiger partial charge in [-0.2, -0.15) is 0 Å². The Labute approximate surface area is 135 Å². The molecule has 2 aromatic carbocycles. The monoisotopic (exact) mass is 374 g/mol. The Morgan fingerprint density at radius 1 is 0.947 bits per heavy atom. The maximum absolute atomic E-state index is 6.13. The summed E-state index contributed by atoms with van der Waals surface area (Å²) in [5, 5.41) is 7.40. The van der Waals surface area contributed by atoms with Crippen molar-refractivity contribution in [3.8, 4) is 0 Å². The Bertz CT molecular complexity index is 605. The van der Waals surface area contributed by atoms with Crippen LogP contribution in [0.1, 0.15) is 0 Å². The zero-order valence-electron chi connectivity index (χ0n) is 9.58. The van der Waals surface area contributed by atoms with Gasteiger partial charge in [-0.25, -0.2) is 0 Å². The van der Waals surface area contributed by atoms with E-state index in [4.69, 9.17) is 35.4 Å². The molecule has 2 rings (SSSR count). The molecular weight excluding hydrogens is 367 g/mol. The Kier molecular flexibility index (Phi) is 5.05. The molecule has 0 atom stereocenters. The fourth-order valence-corrected chi connectivity index (χ4v) is 2.48. The molecule has 98 valence electrons. The lowest BCUT2D eigenvalue weighted by molar-refractivity contribution is 1.58. The number of hydrogen-bond acceptors (Lipinski definition) is 1. The minimum absolute atomic E-state index is 0.424. The smallest absolute Gasteiger partial charge is 0.175 e. The molecule has 0 fully saturated rings. The average Bonchev–Trinajstić information content (AvgIpc) is 2.41. The van der Waals surface area contributed by atoms with Crippen LogP contribution in [0.3, 0.4) is 0 Å². The molecule has 0 aliphatic rings. The Morgan fingerprint density at radius 2 is 1.63 bits per heavy atom. The molecule has 0 radical (unpaired) electrons. The van der Waals surface area contributed by atoms with Gasteiger partial charge in [-0.15, -0.1) is 0 Å². The predicted molar refractivity (Wildman–Crippen MR) is 90.4 cm³/mol. The Hall–Kier alpha value is -0.810. The summed E-state index contributed by atoms with van der Waals surface area (Å²) in [7, 11) is 0. The van der Waals surface area contributed by atoms with Crippen molar-refractivity contribution in [2.45, 2.75) is 0 Å². The summed E-state index contributed by atoms with van der Waals surface area (Å²) in [6, 6.07) is 13.2. The van der Waals surface area contributed by atoms with Gasteiger partial charge < -0.3 is 10.6 Å². The van der Waals surface area contributed by atoms with E-state index in [9.17, 15) is 0 Å². The van der Waals surface area contributed by atoms with Gasteiger partial charge in [-0.3, -0.25) is 0 Å². The Balaban J connectivity index is 2.10. The van der Waals surface area contributed by atoms with Gasteiger partial charge in [0.25, 0.3) is 0 Å². The zero-order chi connectivity index (χ0) is 13.8. The summed E-state index contributed by atoms with van der Waals surface area (Å²) in [6.45, 7) is 0. The lowest BCUT2D eigenvalue weighted by Crippen LogP contribution is -2.19. The van der Waals surface area contributed by atoms with Crippen LogP contribution in [0.4, 0.5) is 11.4 Å². The molecular formula is C13H9BrCl2N2S. The molecule has 0 saturated carbocycles. The van der Waals surface area contributed by atoms with Gasteiger partial charge in [0.15, 0.2) is 5.11 Å². The van der Waals surface area contributed by atoms with Gasteiger partial charge >= 0.3 is 0 Å². The summed E-state index contributed by atoms with van der Waals surface area (Å²) in [6.07, 6.45) is 0. The van der Waals surface area contributed by atoms with Crippen LogP contribution in [-0.4, -0.2) is 5.11 Å². The second kappa shape index (κ2) is 6.57. The van der Waals surface area contributed by atoms with E-state index in [2.05, 4.69) is 26.6 Å². The molecule has 0 aromatic heterocycles. The third-order valence-electron chi connectivity index (χ3n) is 2.32. The first-order valence-electron chi connectivity index (χ1n) is 5.34. The highest BCUT2D eigenvalue weighted by Crippen LogP contribution is 2.35. The summed E-state index contributed by atoms with van der Waals surface area (Å²) in [5.74, 6) is 0. The fraction of sp³-hybridized carbons (Fsp3) is 0. The van der Waals surface area contributed by atoms with Gasteiger partial charge in [0.2, 0.25) is 0 Å². The van der Waals surface area contributed by atoms with Crippen LogP contribution < -0.4 is 10.6 Å². The van der Waals surface area contributed by atoms with Gasteiger partial charge in [-0.05, 0) is 52.4 Å². The number of halogens is 3. The van der Waals surface area contributed by atoms with Crippen LogP contribution in [0.5, 0.6) is 0 Å². The van der Waals surface area contributed by atoms with E-state index in [0.29, 0.717) is 20.8 Å². The molecule has 19 heavy (non-hydrogen) atoms. The largest absolute Gasteiger partial charge is 0.332 e. The van der Waals surface area contributed by atoms with Gasteiger partial charge in [0.05, 0.1) is 15.7 Å². The van der Waals surface area contributed by atoms with Crippen molar-refractivity contribution < 1.29 is 0 Å². The maximum Gasteiger partial charge on any atom is 0.175 e. The number of rotatable bonds is 2. The van der Waals surface area contributed by atoms with E-state index in [1.54, 1.807) is 6.07 Å². The first kappa shape index (κ1) is 14.6. The van der Waals surface area contributed by atoms with Crippen molar-refractivity contribution in [3.63, 3.8) is 0 Å². The van der Waals surface area contributed by atoms with Crippen LogP contribution in [0.2, 0.25) is 10.0 Å². The van der Waals surface area contributed by atoms with Crippen LogP contribution in [0, 0.1) is 0 Å². The van der Waals surface area contributed by atoms with E-state index < -0.39 is 0 Å². The molecule has 0 heterocycles. The standard InChI is InChI=1S/C13H9BrCl2N2S/c14-9-6-7-10(12(16)11(9)15)18-13(19)17-8-4-2-1-3-5-8/h1-7H,(H2,17,18,19). The SMILES string of the molecule is S=C(Nc1ccccc1)Nc1ccc(Br)c(Cl)c1Cl. The highest BCUT2D eigenvalue weighted by Gasteiger charge is 2.09. The van der Waals surface area contributed by atoms with E-state index in [-0.39, 0.29) is 0 Å². The topological polar surface area (TPSA) is 24.1 Å². The molecule has 6 heteroatoms. The van der Waals surface area contributed by atoms with Crippen molar-refractivity contribution in [3.05, 3.63) is 57.0 Å². The summed E-state index contributed by atoms with van der Waals surface area (Å²) < 4.78 is 0.742. The van der Waals surface area contributed by atoms with E-state index >= 15 is 0 Å². The average molecular weight is 376 g/mol. The van der Waals surface area contributed by atoms with Crippen molar-refractivity contribution in [2.24, 2.45) is 0 Å². The van der Waals surface area contributed by atoms with Crippen LogP contribution in [0.15, 0.2) is 46.9 Å². The second-order valence-electron chi connectivity index (χ2n) is 3.67. The normalized spacial score (nSPS) is 10.1. The second-order valence-corrected chi connectivity index (χ2v) is 5.69. The van der Waals surface area contributed by atoms with Gasteiger partial charge in [0, 0.05) is 10.2 Å². The van der Waals surface area contributed by atoms with Crippen LogP contribution >= 0.6 is 51.3 Å². The number of anilines is 2. The van der Waals surface area contributed by atoms with Crippen molar-refractivity contribution >= 4 is 67.8 Å². The van der Waals surface area contributed by atoms with Gasteiger partial charge in [-0.1, -0.05) is 41.4 Å². The molecule has 0 bridgehead atoms. The molecule has 0 unspecified atom stereocenters. The quantitative estimate of drug-likeness (QED) is 0.530. The number of benzene rings is 2. The van der Waals surface area contributed by atoms with E-state index in [1.165, 1.54) is 0 Å². The third-order valence-corrected chi connectivity index (χ3v) is 4.29. The molecule has 2 N–H and O–H groups in total. The molecule has 2 aromatic rings. The maximum atomic E-state index is 6.13. The lowest BCUT2D eigenvalue weighted by atomic mass is 10.3. The van der Waals surface area contributed by atoms with Crippen molar-refractivity contribution in [2.75, 3.05) is 10.6 Å². The fourth-order valence-electron chi connectivity index (χ4n) is 1.43. The summed E-state index contributed by atoms with van der Waals surface area (Å²) >= 11 is 20.7. The minimum Gasteiger partial charge on any atom is -0.332 e. The van der Waals surface area contributed by atoms with Crippen LogP contribution in [0.25, 0.3) is 0 Å². The van der Waals surface area contributed by atoms with Gasteiger partial charge in [0.1, 0.15) is 0 Å². The van der Waals surface area contributed by atoms with Crippen LogP contribution in [-0.2, 0) is 0 Å². The lowest BCUT2D eigenvalue weighted by Gasteiger charge is -2.12. The molecule has 0 saturated heterocycles. The zero-order valence-corrected chi connectivity index (χ0v) is 13.5. The molecule has 0 amide bonds. The molecule has 2 nitrogen and oxygen atoms in total. The first-order valence-corrected chi connectivity index (χ1v) is 7.30. The summed E-state index contributed by atoms with van der Waals surface area (Å²) in [4.78, 5) is 0. The molecule has 0 aliphatic heterocycles. The number of para-hydroxylation sites is 1. The highest BCUT2D eigenvalue weighted by atomic mass is 79.9. The number of thiocarbonyl (C=S) groups is 1.